The van der Waals surface area contributed by atoms with Crippen molar-refractivity contribution < 1.29 is 18.3 Å². The van der Waals surface area contributed by atoms with Gasteiger partial charge in [0.15, 0.2) is 0 Å². The SMILES string of the molecule is CCCC1(C)OCc2cc([Si](OC)OC)ccc2O1. The van der Waals surface area contributed by atoms with E-state index in [1.165, 1.54) is 0 Å². The predicted molar refractivity (Wildman–Crippen MR) is 74.6 cm³/mol. The summed E-state index contributed by atoms with van der Waals surface area (Å²) in [5.41, 5.74) is 1.06. The van der Waals surface area contributed by atoms with E-state index in [2.05, 4.69) is 13.0 Å². The lowest BCUT2D eigenvalue weighted by molar-refractivity contribution is -0.197. The van der Waals surface area contributed by atoms with E-state index < -0.39 is 15.1 Å². The van der Waals surface area contributed by atoms with E-state index >= 15 is 0 Å². The molecule has 0 aliphatic carbocycles. The molecule has 1 unspecified atom stereocenters. The minimum Gasteiger partial charge on any atom is -0.462 e. The third-order valence-corrected chi connectivity index (χ3v) is 4.75. The Balaban J connectivity index is 2.20. The van der Waals surface area contributed by atoms with Crippen LogP contribution < -0.4 is 9.92 Å². The van der Waals surface area contributed by atoms with Crippen LogP contribution in [-0.4, -0.2) is 29.3 Å². The first kappa shape index (κ1) is 14.5. The molecular formula is C14H21O4Si. The van der Waals surface area contributed by atoms with E-state index in [4.69, 9.17) is 18.3 Å². The minimum absolute atomic E-state index is 0.500. The Hall–Kier alpha value is -0.883. The van der Waals surface area contributed by atoms with Crippen LogP contribution in [-0.2, 0) is 20.2 Å². The van der Waals surface area contributed by atoms with Gasteiger partial charge in [0.1, 0.15) is 5.75 Å². The van der Waals surface area contributed by atoms with Gasteiger partial charge in [-0.15, -0.1) is 0 Å². The predicted octanol–water partition coefficient (Wildman–Crippen LogP) is 2.10. The van der Waals surface area contributed by atoms with Gasteiger partial charge in [0.25, 0.3) is 0 Å². The highest BCUT2D eigenvalue weighted by Gasteiger charge is 2.32. The van der Waals surface area contributed by atoms with E-state index in [0.29, 0.717) is 6.61 Å². The first-order valence-corrected chi connectivity index (χ1v) is 7.84. The monoisotopic (exact) mass is 281 g/mol. The molecule has 1 aromatic carbocycles. The first-order valence-electron chi connectivity index (χ1n) is 6.53. The van der Waals surface area contributed by atoms with Crippen molar-refractivity contribution in [2.75, 3.05) is 14.2 Å². The van der Waals surface area contributed by atoms with Gasteiger partial charge in [-0.2, -0.15) is 0 Å². The summed E-state index contributed by atoms with van der Waals surface area (Å²) >= 11 is 0. The Morgan fingerprint density at radius 2 is 2.05 bits per heavy atom. The quantitative estimate of drug-likeness (QED) is 0.775. The maximum Gasteiger partial charge on any atom is 0.423 e. The average molecular weight is 281 g/mol. The van der Waals surface area contributed by atoms with Gasteiger partial charge in [-0.05, 0) is 23.7 Å². The molecule has 0 saturated heterocycles. The lowest BCUT2D eigenvalue weighted by Gasteiger charge is -2.35. The zero-order valence-electron chi connectivity index (χ0n) is 12.0. The molecule has 0 fully saturated rings. The number of ether oxygens (including phenoxy) is 2. The van der Waals surface area contributed by atoms with Crippen LogP contribution in [0, 0.1) is 0 Å². The Morgan fingerprint density at radius 1 is 1.32 bits per heavy atom. The summed E-state index contributed by atoms with van der Waals surface area (Å²) in [5, 5.41) is 1.07. The van der Waals surface area contributed by atoms with Crippen LogP contribution in [0.3, 0.4) is 0 Å². The topological polar surface area (TPSA) is 36.9 Å². The third-order valence-electron chi connectivity index (χ3n) is 3.23. The second-order valence-corrected chi connectivity index (χ2v) is 6.76. The van der Waals surface area contributed by atoms with Gasteiger partial charge in [0.05, 0.1) is 6.61 Å². The van der Waals surface area contributed by atoms with Gasteiger partial charge in [-0.25, -0.2) is 0 Å². The number of hydrogen-bond donors (Lipinski definition) is 0. The molecule has 0 amide bonds. The highest BCUT2D eigenvalue weighted by Crippen LogP contribution is 2.33. The number of fused-ring (bicyclic) bond motifs is 1. The van der Waals surface area contributed by atoms with Crippen molar-refractivity contribution in [3.8, 4) is 5.75 Å². The fourth-order valence-electron chi connectivity index (χ4n) is 2.31. The van der Waals surface area contributed by atoms with Gasteiger partial charge in [0, 0.05) is 33.1 Å². The molecule has 0 saturated carbocycles. The summed E-state index contributed by atoms with van der Waals surface area (Å²) < 4.78 is 22.5. The van der Waals surface area contributed by atoms with Crippen molar-refractivity contribution in [3.05, 3.63) is 23.8 Å². The van der Waals surface area contributed by atoms with Crippen molar-refractivity contribution >= 4 is 14.5 Å². The number of hydrogen-bond acceptors (Lipinski definition) is 4. The van der Waals surface area contributed by atoms with Crippen LogP contribution in [0.4, 0.5) is 0 Å². The van der Waals surface area contributed by atoms with Crippen molar-refractivity contribution in [3.63, 3.8) is 0 Å². The molecule has 1 radical (unpaired) electrons. The molecule has 0 N–H and O–H groups in total. The fourth-order valence-corrected chi connectivity index (χ4v) is 3.46. The maximum absolute atomic E-state index is 5.97. The Labute approximate surface area is 116 Å². The van der Waals surface area contributed by atoms with Crippen molar-refractivity contribution in [1.29, 1.82) is 0 Å². The number of rotatable bonds is 5. The molecule has 5 heteroatoms. The second-order valence-electron chi connectivity index (χ2n) is 4.79. The van der Waals surface area contributed by atoms with E-state index in [9.17, 15) is 0 Å². The second kappa shape index (κ2) is 6.05. The molecule has 1 aromatic rings. The molecular weight excluding hydrogens is 260 g/mol. The van der Waals surface area contributed by atoms with Gasteiger partial charge < -0.3 is 18.3 Å². The van der Waals surface area contributed by atoms with E-state index in [0.717, 1.165) is 29.3 Å². The van der Waals surface area contributed by atoms with Crippen molar-refractivity contribution in [1.82, 2.24) is 0 Å². The first-order chi connectivity index (χ1) is 9.11. The summed E-state index contributed by atoms with van der Waals surface area (Å²) in [4.78, 5) is 0. The normalized spacial score (nSPS) is 22.2. The zero-order valence-corrected chi connectivity index (χ0v) is 13.0. The maximum atomic E-state index is 5.97. The van der Waals surface area contributed by atoms with Crippen LogP contribution in [0.1, 0.15) is 32.3 Å². The highest BCUT2D eigenvalue weighted by molar-refractivity contribution is 6.61. The minimum atomic E-state index is -1.38. The van der Waals surface area contributed by atoms with Crippen molar-refractivity contribution in [2.24, 2.45) is 0 Å². The molecule has 1 aliphatic rings. The van der Waals surface area contributed by atoms with Crippen LogP contribution in [0.5, 0.6) is 5.75 Å². The molecule has 0 aromatic heterocycles. The molecule has 19 heavy (non-hydrogen) atoms. The zero-order chi connectivity index (χ0) is 13.9. The molecule has 4 nitrogen and oxygen atoms in total. The van der Waals surface area contributed by atoms with E-state index in [-0.39, 0.29) is 0 Å². The Kier molecular flexibility index (Phi) is 4.62. The molecule has 1 aliphatic heterocycles. The van der Waals surface area contributed by atoms with Crippen LogP contribution >= 0.6 is 0 Å². The fraction of sp³-hybridized carbons (Fsp3) is 0.571. The summed E-state index contributed by atoms with van der Waals surface area (Å²) in [6.45, 7) is 4.69. The lowest BCUT2D eigenvalue weighted by atomic mass is 10.1. The number of benzene rings is 1. The van der Waals surface area contributed by atoms with Crippen LogP contribution in [0.15, 0.2) is 18.2 Å². The standard InChI is InChI=1S/C14H21O4Si/c1-5-8-14(2)17-10-11-9-12(19(15-3)16-4)6-7-13(11)18-14/h6-7,9H,5,8,10H2,1-4H3. The van der Waals surface area contributed by atoms with Gasteiger partial charge in [-0.3, -0.25) is 0 Å². The van der Waals surface area contributed by atoms with Crippen LogP contribution in [0.25, 0.3) is 0 Å². The summed E-state index contributed by atoms with van der Waals surface area (Å²) in [5.74, 6) is 0.402. The van der Waals surface area contributed by atoms with Gasteiger partial charge >= 0.3 is 9.28 Å². The van der Waals surface area contributed by atoms with Gasteiger partial charge in [0.2, 0.25) is 5.79 Å². The largest absolute Gasteiger partial charge is 0.462 e. The summed E-state index contributed by atoms with van der Waals surface area (Å²) in [7, 11) is 1.96. The molecule has 0 spiro atoms. The van der Waals surface area contributed by atoms with Gasteiger partial charge in [-0.1, -0.05) is 13.0 Å². The molecule has 1 heterocycles. The van der Waals surface area contributed by atoms with Crippen molar-refractivity contribution in [2.45, 2.75) is 39.1 Å². The average Bonchev–Trinajstić information content (AvgIpc) is 2.40. The highest BCUT2D eigenvalue weighted by atomic mass is 28.3. The molecule has 105 valence electrons. The van der Waals surface area contributed by atoms with E-state index in [1.807, 2.05) is 19.1 Å². The molecule has 1 atom stereocenters. The van der Waals surface area contributed by atoms with E-state index in [1.54, 1.807) is 14.2 Å². The molecule has 2 rings (SSSR count). The van der Waals surface area contributed by atoms with Crippen LogP contribution in [0.2, 0.25) is 0 Å². The summed E-state index contributed by atoms with van der Waals surface area (Å²) in [6, 6.07) is 6.06. The third kappa shape index (κ3) is 3.17. The molecule has 0 bridgehead atoms. The summed E-state index contributed by atoms with van der Waals surface area (Å²) in [6.07, 6.45) is 1.92. The smallest absolute Gasteiger partial charge is 0.423 e. The lowest BCUT2D eigenvalue weighted by Crippen LogP contribution is -2.40. The Bertz CT molecular complexity index is 433. The Morgan fingerprint density at radius 3 is 2.68 bits per heavy atom.